The summed E-state index contributed by atoms with van der Waals surface area (Å²) in [5, 5.41) is 13.5. The van der Waals surface area contributed by atoms with Crippen molar-refractivity contribution >= 4 is 209 Å². The lowest BCUT2D eigenvalue weighted by molar-refractivity contribution is 0.0783. The largest absolute Gasteiger partial charge is 0.228 e. The van der Waals surface area contributed by atoms with Gasteiger partial charge in [0.2, 0.25) is 16.3 Å². The van der Waals surface area contributed by atoms with E-state index in [2.05, 4.69) is 0 Å². The van der Waals surface area contributed by atoms with Crippen molar-refractivity contribution in [2.75, 3.05) is 0 Å². The van der Waals surface area contributed by atoms with Crippen molar-refractivity contribution in [2.45, 2.75) is 59.5 Å². The summed E-state index contributed by atoms with van der Waals surface area (Å²) < 4.78 is -21.1. The van der Waals surface area contributed by atoms with Crippen LogP contribution >= 0.6 is 209 Å². The first-order chi connectivity index (χ1) is 16.1. The van der Waals surface area contributed by atoms with Crippen LogP contribution in [0.3, 0.4) is 0 Å². The smallest absolute Gasteiger partial charge is 0.226 e. The molecule has 0 fully saturated rings. The topological polar surface area (TPSA) is 19.9 Å². The van der Waals surface area contributed by atoms with Crippen molar-refractivity contribution in [1.82, 2.24) is 0 Å². The number of halogens is 18. The highest BCUT2D eigenvalue weighted by Gasteiger charge is 2.71. The quantitative estimate of drug-likeness (QED) is 0.220. The number of alkyl halides is 18. The molecule has 1 rings (SSSR count). The van der Waals surface area contributed by atoms with Crippen molar-refractivity contribution < 1.29 is 5.11 Å². The third-order valence-electron chi connectivity index (χ3n) is 4.94. The third-order valence-corrected chi connectivity index (χ3v) is 15.8. The standard InChI is InChI=1S/C18H11Cl18O/c1-2-4-9(37)10-7(11(19,20)13(23,24)15(27,28)17(31,32)33)5-3-6-8(10)12(21,22)14(25,26)16(29,30)18(34,35)36/h3,5-6,9H,2,4H2,1H3. The zero-order valence-corrected chi connectivity index (χ0v) is 31.0. The maximum atomic E-state index is 13.5. The van der Waals surface area contributed by atoms with Gasteiger partial charge in [0.05, 0.1) is 0 Å². The van der Waals surface area contributed by atoms with E-state index in [1.165, 1.54) is 18.2 Å². The van der Waals surface area contributed by atoms with Crippen molar-refractivity contribution in [2.24, 2.45) is 0 Å². The Morgan fingerprint density at radius 3 is 1.11 bits per heavy atom. The minimum atomic E-state index is -2.72. The van der Waals surface area contributed by atoms with Crippen molar-refractivity contribution in [3.63, 3.8) is 0 Å². The second-order valence-electron chi connectivity index (χ2n) is 7.49. The van der Waals surface area contributed by atoms with E-state index in [1.807, 2.05) is 0 Å². The van der Waals surface area contributed by atoms with Crippen LogP contribution in [0.1, 0.15) is 42.6 Å². The van der Waals surface area contributed by atoms with Gasteiger partial charge in [-0.1, -0.05) is 240 Å². The van der Waals surface area contributed by atoms with Crippen molar-refractivity contribution in [3.05, 3.63) is 34.9 Å². The highest BCUT2D eigenvalue weighted by molar-refractivity contribution is 6.81. The first-order valence-electron chi connectivity index (χ1n) is 9.29. The molecule has 0 aromatic heterocycles. The lowest BCUT2D eigenvalue weighted by Gasteiger charge is -2.46. The Balaban J connectivity index is 4.14. The molecule has 0 bridgehead atoms. The Labute approximate surface area is 304 Å². The minimum Gasteiger partial charge on any atom is -0.228 e. The van der Waals surface area contributed by atoms with E-state index in [4.69, 9.17) is 209 Å². The molecule has 1 aromatic rings. The Morgan fingerprint density at radius 1 is 0.568 bits per heavy atom. The normalized spacial score (nSPS) is 16.2. The molecule has 0 heterocycles. The van der Waals surface area contributed by atoms with Gasteiger partial charge < -0.3 is 0 Å². The Kier molecular flexibility index (Phi) is 13.9. The summed E-state index contributed by atoms with van der Waals surface area (Å²) in [7, 11) is 0. The molecule has 1 atom stereocenters. The zero-order chi connectivity index (χ0) is 29.8. The molecule has 0 N–H and O–H groups in total. The second-order valence-corrected chi connectivity index (χ2v) is 20.0. The summed E-state index contributed by atoms with van der Waals surface area (Å²) in [5.74, 6) is 0. The molecule has 0 spiro atoms. The number of benzene rings is 1. The van der Waals surface area contributed by atoms with E-state index in [1.54, 1.807) is 6.92 Å². The molecular formula is C18H11Cl18O. The van der Waals surface area contributed by atoms with Crippen LogP contribution in [0.5, 0.6) is 0 Å². The number of hydrogen-bond donors (Lipinski definition) is 0. The molecular weight excluding hydrogens is 870 g/mol. The lowest BCUT2D eigenvalue weighted by atomic mass is 9.87. The SMILES string of the molecule is CCCC([O])c1c(C(Cl)(Cl)C(Cl)(Cl)C(Cl)(Cl)C(Cl)(Cl)Cl)cccc1C(Cl)(Cl)C(Cl)(Cl)C(Cl)(Cl)C(Cl)(Cl)Cl. The van der Waals surface area contributed by atoms with Crippen LogP contribution in [0.25, 0.3) is 0 Å². The van der Waals surface area contributed by atoms with Gasteiger partial charge in [0, 0.05) is 0 Å². The first kappa shape index (κ1) is 39.4. The van der Waals surface area contributed by atoms with Crippen LogP contribution in [0.15, 0.2) is 18.2 Å². The second kappa shape index (κ2) is 13.0. The Morgan fingerprint density at radius 2 is 0.865 bits per heavy atom. The molecule has 1 radical (unpaired) electrons. The van der Waals surface area contributed by atoms with Crippen LogP contribution in [-0.2, 0) is 13.8 Å². The summed E-state index contributed by atoms with van der Waals surface area (Å²) in [4.78, 5) is 0. The maximum absolute atomic E-state index is 13.5. The number of rotatable bonds is 9. The minimum absolute atomic E-state index is 0.0262. The predicted octanol–water partition coefficient (Wildman–Crippen LogP) is 13.7. The summed E-state index contributed by atoms with van der Waals surface area (Å²) >= 11 is 113. The summed E-state index contributed by atoms with van der Waals surface area (Å²) in [6, 6.07) is 3.79. The summed E-state index contributed by atoms with van der Waals surface area (Å²) in [5.41, 5.74) is -0.895. The van der Waals surface area contributed by atoms with Gasteiger partial charge in [0.15, 0.2) is 17.3 Å². The van der Waals surface area contributed by atoms with Gasteiger partial charge >= 0.3 is 0 Å². The van der Waals surface area contributed by atoms with Crippen molar-refractivity contribution in [3.8, 4) is 0 Å². The fourth-order valence-corrected chi connectivity index (χ4v) is 7.54. The van der Waals surface area contributed by atoms with E-state index in [0.29, 0.717) is 6.42 Å². The van der Waals surface area contributed by atoms with Gasteiger partial charge in [-0.15, -0.1) is 0 Å². The molecule has 0 aliphatic rings. The maximum Gasteiger partial charge on any atom is 0.226 e. The van der Waals surface area contributed by atoms with Gasteiger partial charge in [-0.2, -0.15) is 0 Å². The first-order valence-corrected chi connectivity index (χ1v) is 16.1. The predicted molar refractivity (Wildman–Crippen MR) is 170 cm³/mol. The van der Waals surface area contributed by atoms with E-state index in [9.17, 15) is 5.11 Å². The van der Waals surface area contributed by atoms with Crippen molar-refractivity contribution in [1.29, 1.82) is 0 Å². The van der Waals surface area contributed by atoms with E-state index < -0.39 is 39.7 Å². The van der Waals surface area contributed by atoms with Crippen LogP contribution in [0.4, 0.5) is 0 Å². The molecule has 0 aliphatic heterocycles. The average molecular weight is 881 g/mol. The van der Waals surface area contributed by atoms with E-state index in [-0.39, 0.29) is 23.1 Å². The van der Waals surface area contributed by atoms with Crippen LogP contribution in [-0.4, -0.2) is 24.9 Å². The summed E-state index contributed by atoms with van der Waals surface area (Å²) in [6.07, 6.45) is -1.33. The third kappa shape index (κ3) is 7.13. The van der Waals surface area contributed by atoms with Gasteiger partial charge in [-0.3, -0.25) is 0 Å². The van der Waals surface area contributed by atoms with Gasteiger partial charge in [0.25, 0.3) is 0 Å². The van der Waals surface area contributed by atoms with Crippen LogP contribution in [0.2, 0.25) is 0 Å². The van der Waals surface area contributed by atoms with E-state index >= 15 is 0 Å². The molecule has 0 aliphatic carbocycles. The molecule has 1 nitrogen and oxygen atoms in total. The van der Waals surface area contributed by atoms with Gasteiger partial charge in [-0.05, 0) is 23.1 Å². The molecule has 1 aromatic carbocycles. The molecule has 37 heavy (non-hydrogen) atoms. The zero-order valence-electron chi connectivity index (χ0n) is 17.4. The Bertz CT molecular complexity index is 890. The van der Waals surface area contributed by atoms with Gasteiger partial charge in [-0.25, -0.2) is 5.11 Å². The Hall–Kier alpha value is 4.40. The average Bonchev–Trinajstić information content (AvgIpc) is 2.71. The monoisotopic (exact) mass is 873 g/mol. The summed E-state index contributed by atoms with van der Waals surface area (Å²) in [6.45, 7) is 1.72. The number of hydrogen-bond acceptors (Lipinski definition) is 0. The van der Waals surface area contributed by atoms with E-state index in [0.717, 1.165) is 0 Å². The molecule has 0 saturated heterocycles. The lowest BCUT2D eigenvalue weighted by Crippen LogP contribution is -2.56. The molecule has 0 saturated carbocycles. The van der Waals surface area contributed by atoms with Gasteiger partial charge in [0.1, 0.15) is 6.10 Å². The fraction of sp³-hybridized carbons (Fsp3) is 0.667. The molecule has 1 unspecified atom stereocenters. The van der Waals surface area contributed by atoms with Crippen LogP contribution < -0.4 is 0 Å². The fourth-order valence-electron chi connectivity index (χ4n) is 2.95. The highest BCUT2D eigenvalue weighted by Crippen LogP contribution is 2.68. The highest BCUT2D eigenvalue weighted by atomic mass is 35.6. The molecule has 19 heteroatoms. The van der Waals surface area contributed by atoms with Crippen LogP contribution in [0, 0.1) is 0 Å². The molecule has 215 valence electrons. The molecule has 0 amide bonds.